The maximum Gasteiger partial charge on any atom is 0.254 e. The zero-order chi connectivity index (χ0) is 20.4. The summed E-state index contributed by atoms with van der Waals surface area (Å²) in [6.45, 7) is 0.773. The van der Waals surface area contributed by atoms with Crippen molar-refractivity contribution in [2.75, 3.05) is 12.8 Å². The van der Waals surface area contributed by atoms with Crippen LogP contribution >= 0.6 is 15.9 Å². The first-order valence-corrected chi connectivity index (χ1v) is 10.4. The standard InChI is InChI=1S/C23H23BrN4O/c1-26-23(29)20-10-17(13-28-22(20)25)16-4-2-3-14(9-16)12-27-21-8-6-15-5-7-18(24)11-19(15)21/h2-5,7,9-11,13,21,27H,6,8,12H2,1H3,(H2,25,28)(H,26,29). The monoisotopic (exact) mass is 450 g/mol. The first-order chi connectivity index (χ1) is 14.0. The van der Waals surface area contributed by atoms with Crippen molar-refractivity contribution in [2.24, 2.45) is 0 Å². The van der Waals surface area contributed by atoms with Crippen molar-refractivity contribution in [3.63, 3.8) is 0 Å². The number of nitrogens with zero attached hydrogens (tertiary/aromatic N) is 1. The molecule has 0 radical (unpaired) electrons. The minimum Gasteiger partial charge on any atom is -0.383 e. The van der Waals surface area contributed by atoms with Crippen LogP contribution in [0.15, 0.2) is 59.2 Å². The van der Waals surface area contributed by atoms with Crippen LogP contribution in [-0.2, 0) is 13.0 Å². The second-order valence-electron chi connectivity index (χ2n) is 7.25. The molecule has 5 nitrogen and oxygen atoms in total. The zero-order valence-corrected chi connectivity index (χ0v) is 17.8. The number of hydrogen-bond acceptors (Lipinski definition) is 4. The normalized spacial score (nSPS) is 15.2. The van der Waals surface area contributed by atoms with Gasteiger partial charge in [0.15, 0.2) is 0 Å². The molecule has 0 fully saturated rings. The third-order valence-corrected chi connectivity index (χ3v) is 5.88. The number of hydrogen-bond donors (Lipinski definition) is 3. The average Bonchev–Trinajstić information content (AvgIpc) is 3.14. The number of nitrogens with two attached hydrogens (primary N) is 1. The Morgan fingerprint density at radius 3 is 2.90 bits per heavy atom. The van der Waals surface area contributed by atoms with Crippen LogP contribution in [0.2, 0.25) is 0 Å². The van der Waals surface area contributed by atoms with Crippen LogP contribution in [0.4, 0.5) is 5.82 Å². The summed E-state index contributed by atoms with van der Waals surface area (Å²) >= 11 is 3.58. The van der Waals surface area contributed by atoms with E-state index in [0.29, 0.717) is 11.6 Å². The number of nitrogens with one attached hydrogen (secondary N) is 2. The van der Waals surface area contributed by atoms with Crippen LogP contribution in [0.5, 0.6) is 0 Å². The molecule has 0 saturated carbocycles. The highest BCUT2D eigenvalue weighted by atomic mass is 79.9. The van der Waals surface area contributed by atoms with E-state index in [4.69, 9.17) is 5.73 Å². The Bertz CT molecular complexity index is 1070. The van der Waals surface area contributed by atoms with Crippen molar-refractivity contribution >= 4 is 27.7 Å². The van der Waals surface area contributed by atoms with Gasteiger partial charge in [-0.05, 0) is 59.4 Å². The van der Waals surface area contributed by atoms with E-state index in [-0.39, 0.29) is 11.7 Å². The van der Waals surface area contributed by atoms with Gasteiger partial charge in [0, 0.05) is 35.9 Å². The van der Waals surface area contributed by atoms with Gasteiger partial charge in [-0.25, -0.2) is 4.98 Å². The molecule has 1 aliphatic rings. The molecular formula is C23H23BrN4O. The van der Waals surface area contributed by atoms with Crippen LogP contribution in [0.3, 0.4) is 0 Å². The molecule has 0 aliphatic heterocycles. The van der Waals surface area contributed by atoms with Gasteiger partial charge in [-0.1, -0.05) is 40.2 Å². The number of nitrogen functional groups attached to an aromatic ring is 1. The summed E-state index contributed by atoms with van der Waals surface area (Å²) in [7, 11) is 1.58. The number of pyridine rings is 1. The first-order valence-electron chi connectivity index (χ1n) is 9.64. The zero-order valence-electron chi connectivity index (χ0n) is 16.2. The lowest BCUT2D eigenvalue weighted by molar-refractivity contribution is 0.0963. The Labute approximate surface area is 178 Å². The van der Waals surface area contributed by atoms with Gasteiger partial charge in [-0.2, -0.15) is 0 Å². The lowest BCUT2D eigenvalue weighted by atomic mass is 10.0. The number of anilines is 1. The van der Waals surface area contributed by atoms with Gasteiger partial charge >= 0.3 is 0 Å². The van der Waals surface area contributed by atoms with Crippen LogP contribution < -0.4 is 16.4 Å². The number of carbonyl (C=O) groups is 1. The van der Waals surface area contributed by atoms with Crippen LogP contribution in [0.25, 0.3) is 11.1 Å². The third-order valence-electron chi connectivity index (χ3n) is 5.39. The number of carbonyl (C=O) groups excluding carboxylic acids is 1. The summed E-state index contributed by atoms with van der Waals surface area (Å²) in [6.07, 6.45) is 3.93. The molecule has 4 rings (SSSR count). The van der Waals surface area contributed by atoms with Gasteiger partial charge in [-0.15, -0.1) is 0 Å². The highest BCUT2D eigenvalue weighted by molar-refractivity contribution is 9.10. The Kier molecular flexibility index (Phi) is 5.65. The van der Waals surface area contributed by atoms with Crippen LogP contribution in [-0.4, -0.2) is 17.9 Å². The fourth-order valence-electron chi connectivity index (χ4n) is 3.84. The number of halogens is 1. The van der Waals surface area contributed by atoms with E-state index in [1.54, 1.807) is 19.3 Å². The minimum atomic E-state index is -0.235. The van der Waals surface area contributed by atoms with Crippen LogP contribution in [0, 0.1) is 0 Å². The Morgan fingerprint density at radius 2 is 2.07 bits per heavy atom. The molecule has 0 saturated heterocycles. The van der Waals surface area contributed by atoms with Gasteiger partial charge in [0.05, 0.1) is 5.56 Å². The number of fused-ring (bicyclic) bond motifs is 1. The molecule has 1 aliphatic carbocycles. The molecule has 0 bridgehead atoms. The molecule has 3 aromatic rings. The van der Waals surface area contributed by atoms with E-state index < -0.39 is 0 Å². The fraction of sp³-hybridized carbons (Fsp3) is 0.217. The number of aryl methyl sites for hydroxylation is 1. The lowest BCUT2D eigenvalue weighted by Crippen LogP contribution is -2.20. The molecular weight excluding hydrogens is 428 g/mol. The molecule has 0 spiro atoms. The predicted octanol–water partition coefficient (Wildman–Crippen LogP) is 4.23. The van der Waals surface area contributed by atoms with E-state index in [9.17, 15) is 4.79 Å². The van der Waals surface area contributed by atoms with Gasteiger partial charge in [0.25, 0.3) is 5.91 Å². The fourth-order valence-corrected chi connectivity index (χ4v) is 4.22. The summed E-state index contributed by atoms with van der Waals surface area (Å²) < 4.78 is 1.12. The van der Waals surface area contributed by atoms with Crippen molar-refractivity contribution in [2.45, 2.75) is 25.4 Å². The second-order valence-corrected chi connectivity index (χ2v) is 8.17. The van der Waals surface area contributed by atoms with Gasteiger partial charge in [0.2, 0.25) is 0 Å². The lowest BCUT2D eigenvalue weighted by Gasteiger charge is -2.15. The average molecular weight is 451 g/mol. The number of aromatic nitrogens is 1. The summed E-state index contributed by atoms with van der Waals surface area (Å²) in [4.78, 5) is 16.2. The van der Waals surface area contributed by atoms with Crippen molar-refractivity contribution in [3.8, 4) is 11.1 Å². The Hall–Kier alpha value is -2.70. The third kappa shape index (κ3) is 4.18. The molecule has 29 heavy (non-hydrogen) atoms. The molecule has 148 valence electrons. The number of amides is 1. The second kappa shape index (κ2) is 8.35. The van der Waals surface area contributed by atoms with E-state index in [2.05, 4.69) is 61.9 Å². The van der Waals surface area contributed by atoms with Crippen molar-refractivity contribution in [1.82, 2.24) is 15.6 Å². The molecule has 1 unspecified atom stereocenters. The SMILES string of the molecule is CNC(=O)c1cc(-c2cccc(CNC3CCc4ccc(Br)cc43)c2)cnc1N. The highest BCUT2D eigenvalue weighted by Gasteiger charge is 2.22. The Balaban J connectivity index is 1.52. The number of benzene rings is 2. The minimum absolute atomic E-state index is 0.233. The summed E-state index contributed by atoms with van der Waals surface area (Å²) in [5.74, 6) is -0.00212. The quantitative estimate of drug-likeness (QED) is 0.543. The van der Waals surface area contributed by atoms with Crippen molar-refractivity contribution in [3.05, 3.63) is 81.5 Å². The molecule has 6 heteroatoms. The van der Waals surface area contributed by atoms with E-state index in [1.807, 2.05) is 12.1 Å². The molecule has 1 atom stereocenters. The molecule has 4 N–H and O–H groups in total. The maximum absolute atomic E-state index is 12.0. The molecule has 1 amide bonds. The maximum atomic E-state index is 12.0. The van der Waals surface area contributed by atoms with Crippen molar-refractivity contribution < 1.29 is 4.79 Å². The number of rotatable bonds is 5. The van der Waals surface area contributed by atoms with Gasteiger partial charge in [-0.3, -0.25) is 4.79 Å². The summed E-state index contributed by atoms with van der Waals surface area (Å²) in [5.41, 5.74) is 12.1. The Morgan fingerprint density at radius 1 is 1.21 bits per heavy atom. The molecule has 1 aromatic heterocycles. The van der Waals surface area contributed by atoms with E-state index in [0.717, 1.165) is 35.0 Å². The molecule has 1 heterocycles. The predicted molar refractivity (Wildman–Crippen MR) is 120 cm³/mol. The molecule has 2 aromatic carbocycles. The van der Waals surface area contributed by atoms with Gasteiger partial charge < -0.3 is 16.4 Å². The summed E-state index contributed by atoms with van der Waals surface area (Å²) in [6, 6.07) is 17.0. The van der Waals surface area contributed by atoms with Crippen molar-refractivity contribution in [1.29, 1.82) is 0 Å². The van der Waals surface area contributed by atoms with Crippen LogP contribution in [0.1, 0.15) is 39.5 Å². The van der Waals surface area contributed by atoms with Gasteiger partial charge in [0.1, 0.15) is 5.82 Å². The topological polar surface area (TPSA) is 80.0 Å². The largest absolute Gasteiger partial charge is 0.383 e. The smallest absolute Gasteiger partial charge is 0.254 e. The summed E-state index contributed by atoms with van der Waals surface area (Å²) in [5, 5.41) is 6.29. The van der Waals surface area contributed by atoms with E-state index >= 15 is 0 Å². The first kappa shape index (κ1) is 19.6. The van der Waals surface area contributed by atoms with E-state index in [1.165, 1.54) is 16.7 Å². The highest BCUT2D eigenvalue weighted by Crippen LogP contribution is 2.33.